The zero-order valence-corrected chi connectivity index (χ0v) is 6.18. The van der Waals surface area contributed by atoms with Crippen LogP contribution in [0.3, 0.4) is 0 Å². The zero-order chi connectivity index (χ0) is 7.78. The highest BCUT2D eigenvalue weighted by Gasteiger charge is 2.22. The molecule has 0 aromatic carbocycles. The number of nitrogens with one attached hydrogen (secondary N) is 1. The van der Waals surface area contributed by atoms with Gasteiger partial charge in [-0.1, -0.05) is 0 Å². The van der Waals surface area contributed by atoms with E-state index in [9.17, 15) is 0 Å². The zero-order valence-electron chi connectivity index (χ0n) is 6.18. The molecule has 1 atom stereocenters. The van der Waals surface area contributed by atoms with Crippen molar-refractivity contribution < 1.29 is 0 Å². The predicted molar refractivity (Wildman–Crippen MR) is 41.1 cm³/mol. The van der Waals surface area contributed by atoms with Crippen molar-refractivity contribution in [2.24, 2.45) is 16.5 Å². The molecule has 0 fully saturated rings. The molecule has 1 aliphatic rings. The van der Waals surface area contributed by atoms with E-state index in [4.69, 9.17) is 11.5 Å². The number of nitrogens with two attached hydrogens (primary N) is 2. The maximum absolute atomic E-state index is 5.74. The van der Waals surface area contributed by atoms with Gasteiger partial charge in [0, 0.05) is 6.20 Å². The number of nitrogens with zero attached hydrogens (tertiary/aromatic N) is 1. The summed E-state index contributed by atoms with van der Waals surface area (Å²) in [7, 11) is 0. The van der Waals surface area contributed by atoms with E-state index in [1.54, 1.807) is 6.20 Å². The topological polar surface area (TPSA) is 76.4 Å². The van der Waals surface area contributed by atoms with Crippen LogP contribution in [0.1, 0.15) is 13.8 Å². The fourth-order valence-electron chi connectivity index (χ4n) is 0.699. The van der Waals surface area contributed by atoms with Crippen LogP contribution in [0.5, 0.6) is 0 Å². The minimum atomic E-state index is -0.630. The highest BCUT2D eigenvalue weighted by Crippen LogP contribution is 2.15. The van der Waals surface area contributed by atoms with E-state index >= 15 is 0 Å². The predicted octanol–water partition coefficient (Wildman–Crippen LogP) is -0.517. The minimum Gasteiger partial charge on any atom is -0.370 e. The molecular weight excluding hydrogens is 128 g/mol. The third-order valence-electron chi connectivity index (χ3n) is 1.59. The summed E-state index contributed by atoms with van der Waals surface area (Å²) < 4.78 is 0. The number of aliphatic imine (C=N–C) groups is 1. The first-order valence-corrected chi connectivity index (χ1v) is 3.10. The van der Waals surface area contributed by atoms with Gasteiger partial charge in [-0.2, -0.15) is 0 Å². The Bertz CT molecular complexity index is 202. The van der Waals surface area contributed by atoms with E-state index in [1.165, 1.54) is 0 Å². The Morgan fingerprint density at radius 3 is 2.70 bits per heavy atom. The average Bonchev–Trinajstić information content (AvgIpc) is 1.78. The van der Waals surface area contributed by atoms with Crippen LogP contribution in [0.4, 0.5) is 0 Å². The van der Waals surface area contributed by atoms with Gasteiger partial charge < -0.3 is 16.8 Å². The third kappa shape index (κ3) is 1.11. The van der Waals surface area contributed by atoms with Crippen LogP contribution in [-0.4, -0.2) is 11.6 Å². The van der Waals surface area contributed by atoms with Gasteiger partial charge in [0.05, 0.1) is 0 Å². The Labute approximate surface area is 60.0 Å². The summed E-state index contributed by atoms with van der Waals surface area (Å²) in [5.41, 5.74) is 11.5. The molecule has 0 saturated heterocycles. The highest BCUT2D eigenvalue weighted by molar-refractivity contribution is 5.80. The van der Waals surface area contributed by atoms with E-state index < -0.39 is 5.66 Å². The second-order valence-electron chi connectivity index (χ2n) is 2.62. The Morgan fingerprint density at radius 1 is 1.70 bits per heavy atom. The number of guanidine groups is 1. The summed E-state index contributed by atoms with van der Waals surface area (Å²) in [6.07, 6.45) is 1.77. The molecule has 0 saturated carbocycles. The largest absolute Gasteiger partial charge is 0.370 e. The molecule has 4 heteroatoms. The normalized spacial score (nSPS) is 32.3. The van der Waals surface area contributed by atoms with Gasteiger partial charge in [0.2, 0.25) is 0 Å². The second kappa shape index (κ2) is 1.98. The Morgan fingerprint density at radius 2 is 2.30 bits per heavy atom. The van der Waals surface area contributed by atoms with Crippen LogP contribution in [0, 0.1) is 0 Å². The molecule has 56 valence electrons. The van der Waals surface area contributed by atoms with E-state index in [2.05, 4.69) is 10.3 Å². The van der Waals surface area contributed by atoms with Gasteiger partial charge in [0.15, 0.2) is 5.96 Å². The molecule has 0 radical (unpaired) electrons. The van der Waals surface area contributed by atoms with Crippen molar-refractivity contribution in [2.75, 3.05) is 0 Å². The lowest BCUT2D eigenvalue weighted by molar-refractivity contribution is 0.564. The maximum Gasteiger partial charge on any atom is 0.194 e. The molecule has 5 N–H and O–H groups in total. The van der Waals surface area contributed by atoms with Gasteiger partial charge >= 0.3 is 0 Å². The lowest BCUT2D eigenvalue weighted by atomic mass is 10.1. The summed E-state index contributed by atoms with van der Waals surface area (Å²) in [6.45, 7) is 3.72. The summed E-state index contributed by atoms with van der Waals surface area (Å²) >= 11 is 0. The number of hydrogen-bond acceptors (Lipinski definition) is 4. The molecule has 1 rings (SSSR count). The fraction of sp³-hybridized carbons (Fsp3) is 0.500. The van der Waals surface area contributed by atoms with Crippen LogP contribution in [0.15, 0.2) is 16.8 Å². The molecule has 0 aliphatic carbocycles. The third-order valence-corrected chi connectivity index (χ3v) is 1.59. The van der Waals surface area contributed by atoms with E-state index in [1.807, 2.05) is 13.8 Å². The SMILES string of the molecule is CC1=CNC(N)=NC1(C)N. The smallest absolute Gasteiger partial charge is 0.194 e. The Hall–Kier alpha value is -1.03. The summed E-state index contributed by atoms with van der Waals surface area (Å²) in [5, 5.41) is 2.77. The van der Waals surface area contributed by atoms with E-state index in [0.29, 0.717) is 5.96 Å². The van der Waals surface area contributed by atoms with Crippen LogP contribution < -0.4 is 16.8 Å². The van der Waals surface area contributed by atoms with Gasteiger partial charge in [0.25, 0.3) is 0 Å². The van der Waals surface area contributed by atoms with Gasteiger partial charge in [-0.15, -0.1) is 0 Å². The molecule has 0 aromatic heterocycles. The maximum atomic E-state index is 5.74. The Kier molecular flexibility index (Phi) is 1.40. The fourth-order valence-corrected chi connectivity index (χ4v) is 0.699. The molecule has 1 unspecified atom stereocenters. The standard InChI is InChI=1S/C6H12N4/c1-4-3-9-5(7)10-6(4,2)8/h3H,8H2,1-2H3,(H3,7,9,10). The molecule has 0 bridgehead atoms. The average molecular weight is 140 g/mol. The van der Waals surface area contributed by atoms with Gasteiger partial charge in [-0.05, 0) is 19.4 Å². The first-order chi connectivity index (χ1) is 4.52. The highest BCUT2D eigenvalue weighted by atomic mass is 15.2. The van der Waals surface area contributed by atoms with Gasteiger partial charge in [-0.3, -0.25) is 0 Å². The molecule has 0 spiro atoms. The first-order valence-electron chi connectivity index (χ1n) is 3.10. The van der Waals surface area contributed by atoms with Gasteiger partial charge in [0.1, 0.15) is 5.66 Å². The summed E-state index contributed by atoms with van der Waals surface area (Å²) in [6, 6.07) is 0. The molecular formula is C6H12N4. The van der Waals surface area contributed by atoms with E-state index in [-0.39, 0.29) is 0 Å². The second-order valence-corrected chi connectivity index (χ2v) is 2.62. The van der Waals surface area contributed by atoms with Crippen molar-refractivity contribution in [3.05, 3.63) is 11.8 Å². The van der Waals surface area contributed by atoms with Crippen molar-refractivity contribution in [3.8, 4) is 0 Å². The van der Waals surface area contributed by atoms with Crippen molar-refractivity contribution in [2.45, 2.75) is 19.5 Å². The molecule has 10 heavy (non-hydrogen) atoms. The van der Waals surface area contributed by atoms with Crippen molar-refractivity contribution >= 4 is 5.96 Å². The lowest BCUT2D eigenvalue weighted by Crippen LogP contribution is -2.44. The molecule has 1 aliphatic heterocycles. The van der Waals surface area contributed by atoms with Crippen LogP contribution in [0.25, 0.3) is 0 Å². The molecule has 0 aromatic rings. The number of rotatable bonds is 0. The minimum absolute atomic E-state index is 0.371. The first kappa shape index (κ1) is 7.08. The van der Waals surface area contributed by atoms with Crippen LogP contribution >= 0.6 is 0 Å². The Balaban J connectivity index is 2.90. The van der Waals surface area contributed by atoms with Crippen molar-refractivity contribution in [3.63, 3.8) is 0 Å². The summed E-state index contributed by atoms with van der Waals surface area (Å²) in [4.78, 5) is 3.99. The van der Waals surface area contributed by atoms with Crippen LogP contribution in [0.2, 0.25) is 0 Å². The van der Waals surface area contributed by atoms with Gasteiger partial charge in [-0.25, -0.2) is 4.99 Å². The molecule has 0 amide bonds. The quantitative estimate of drug-likeness (QED) is 0.424. The van der Waals surface area contributed by atoms with E-state index in [0.717, 1.165) is 5.57 Å². The van der Waals surface area contributed by atoms with Crippen molar-refractivity contribution in [1.29, 1.82) is 0 Å². The van der Waals surface area contributed by atoms with Crippen molar-refractivity contribution in [1.82, 2.24) is 5.32 Å². The van der Waals surface area contributed by atoms with Crippen LogP contribution in [-0.2, 0) is 0 Å². The molecule has 4 nitrogen and oxygen atoms in total. The summed E-state index contributed by atoms with van der Waals surface area (Å²) in [5.74, 6) is 0.371. The number of hydrogen-bond donors (Lipinski definition) is 3. The molecule has 1 heterocycles. The monoisotopic (exact) mass is 140 g/mol. The lowest BCUT2D eigenvalue weighted by Gasteiger charge is -2.25.